The molecule has 1 aromatic carbocycles. The van der Waals surface area contributed by atoms with E-state index in [4.69, 9.17) is 5.14 Å². The molecule has 0 aliphatic rings. The van der Waals surface area contributed by atoms with Crippen LogP contribution in [0.15, 0.2) is 34.0 Å². The minimum atomic E-state index is -3.70. The summed E-state index contributed by atoms with van der Waals surface area (Å²) in [4.78, 5) is 4.36. The van der Waals surface area contributed by atoms with Crippen LogP contribution in [-0.4, -0.2) is 13.4 Å². The van der Waals surface area contributed by atoms with E-state index in [1.165, 1.54) is 11.3 Å². The van der Waals surface area contributed by atoms with Crippen LogP contribution in [0.4, 0.5) is 5.69 Å². The summed E-state index contributed by atoms with van der Waals surface area (Å²) in [6.07, 6.45) is 0. The monoisotopic (exact) mass is 297 g/mol. The number of nitrogens with zero attached hydrogens (tertiary/aromatic N) is 1. The van der Waals surface area contributed by atoms with Crippen LogP contribution >= 0.6 is 11.3 Å². The smallest absolute Gasteiger partial charge is 0.238 e. The van der Waals surface area contributed by atoms with Gasteiger partial charge in [-0.3, -0.25) is 0 Å². The summed E-state index contributed by atoms with van der Waals surface area (Å²) in [6.45, 7) is 3.68. The first kappa shape index (κ1) is 14.0. The summed E-state index contributed by atoms with van der Waals surface area (Å²) < 4.78 is 22.9. The first-order valence-electron chi connectivity index (χ1n) is 5.66. The van der Waals surface area contributed by atoms with E-state index in [1.807, 2.05) is 18.4 Å². The molecule has 0 amide bonds. The number of nitrogens with one attached hydrogen (secondary N) is 1. The van der Waals surface area contributed by atoms with E-state index in [2.05, 4.69) is 10.3 Å². The predicted octanol–water partition coefficient (Wildman–Crippen LogP) is 2.27. The number of sulfonamides is 1. The van der Waals surface area contributed by atoms with Crippen LogP contribution in [0.5, 0.6) is 0 Å². The molecule has 0 saturated carbocycles. The fourth-order valence-corrected chi connectivity index (χ4v) is 3.21. The largest absolute Gasteiger partial charge is 0.377 e. The third-order valence-corrected chi connectivity index (χ3v) is 4.43. The average Bonchev–Trinajstić information content (AvgIpc) is 2.83. The Balaban J connectivity index is 2.27. The zero-order valence-corrected chi connectivity index (χ0v) is 12.3. The van der Waals surface area contributed by atoms with Crippen molar-refractivity contribution < 1.29 is 8.42 Å². The highest BCUT2D eigenvalue weighted by molar-refractivity contribution is 7.89. The molecule has 5 nitrogen and oxygen atoms in total. The summed E-state index contributed by atoms with van der Waals surface area (Å²) in [5.41, 5.74) is 4.02. The molecule has 0 saturated heterocycles. The second kappa shape index (κ2) is 5.28. The molecule has 7 heteroatoms. The number of aryl methyl sites for hydroxylation is 1. The van der Waals surface area contributed by atoms with Gasteiger partial charge in [0, 0.05) is 11.1 Å². The molecule has 102 valence electrons. The Kier molecular flexibility index (Phi) is 3.88. The molecule has 1 atom stereocenters. The molecule has 0 radical (unpaired) electrons. The van der Waals surface area contributed by atoms with Crippen molar-refractivity contribution in [2.24, 2.45) is 5.14 Å². The van der Waals surface area contributed by atoms with Crippen molar-refractivity contribution in [2.75, 3.05) is 5.32 Å². The Morgan fingerprint density at radius 2 is 2.16 bits per heavy atom. The topological polar surface area (TPSA) is 85.1 Å². The van der Waals surface area contributed by atoms with Crippen molar-refractivity contribution in [3.8, 4) is 0 Å². The molecule has 0 aliphatic heterocycles. The summed E-state index contributed by atoms with van der Waals surface area (Å²) in [6, 6.07) is 5.11. The summed E-state index contributed by atoms with van der Waals surface area (Å²) in [5.74, 6) is 0. The number of nitrogens with two attached hydrogens (primary N) is 1. The summed E-state index contributed by atoms with van der Waals surface area (Å²) in [5, 5.41) is 10.3. The zero-order valence-electron chi connectivity index (χ0n) is 10.6. The molecule has 3 N–H and O–H groups in total. The van der Waals surface area contributed by atoms with Gasteiger partial charge in [0.1, 0.15) is 0 Å². The van der Waals surface area contributed by atoms with Crippen molar-refractivity contribution in [1.29, 1.82) is 0 Å². The van der Waals surface area contributed by atoms with Crippen molar-refractivity contribution in [1.82, 2.24) is 4.98 Å². The first-order valence-corrected chi connectivity index (χ1v) is 8.15. The molecular formula is C12H15N3O2S2. The van der Waals surface area contributed by atoms with Crippen LogP contribution in [0, 0.1) is 6.92 Å². The second-order valence-corrected chi connectivity index (χ2v) is 6.55. The van der Waals surface area contributed by atoms with Gasteiger partial charge in [-0.1, -0.05) is 6.07 Å². The summed E-state index contributed by atoms with van der Waals surface area (Å²) >= 11 is 1.52. The van der Waals surface area contributed by atoms with Crippen LogP contribution in [0.25, 0.3) is 0 Å². The number of benzene rings is 1. The Labute approximate surface area is 116 Å². The summed E-state index contributed by atoms with van der Waals surface area (Å²) in [7, 11) is -3.70. The zero-order chi connectivity index (χ0) is 14.0. The van der Waals surface area contributed by atoms with E-state index in [0.29, 0.717) is 11.3 Å². The maximum Gasteiger partial charge on any atom is 0.238 e. The number of hydrogen-bond donors (Lipinski definition) is 2. The van der Waals surface area contributed by atoms with Crippen molar-refractivity contribution in [3.63, 3.8) is 0 Å². The average molecular weight is 297 g/mol. The fourth-order valence-electron chi connectivity index (χ4n) is 1.76. The molecule has 0 aliphatic carbocycles. The van der Waals surface area contributed by atoms with Gasteiger partial charge >= 0.3 is 0 Å². The van der Waals surface area contributed by atoms with E-state index in [0.717, 1.165) is 5.69 Å². The van der Waals surface area contributed by atoms with Gasteiger partial charge in [0.2, 0.25) is 10.0 Å². The van der Waals surface area contributed by atoms with Crippen LogP contribution in [0.1, 0.15) is 24.2 Å². The number of rotatable bonds is 4. The van der Waals surface area contributed by atoms with Gasteiger partial charge in [-0.25, -0.2) is 18.5 Å². The van der Waals surface area contributed by atoms with Gasteiger partial charge in [0.15, 0.2) is 0 Å². The van der Waals surface area contributed by atoms with Crippen molar-refractivity contribution in [3.05, 3.63) is 40.3 Å². The minimum absolute atomic E-state index is 0.00212. The SMILES string of the molecule is Cc1ccc(NC(C)c2cscn2)cc1S(N)(=O)=O. The highest BCUT2D eigenvalue weighted by Gasteiger charge is 2.13. The molecular weight excluding hydrogens is 282 g/mol. The molecule has 2 aromatic rings. The highest BCUT2D eigenvalue weighted by Crippen LogP contribution is 2.23. The number of primary sulfonamides is 1. The Morgan fingerprint density at radius 3 is 2.74 bits per heavy atom. The number of thiazole rings is 1. The van der Waals surface area contributed by atoms with E-state index in [1.54, 1.807) is 24.6 Å². The quantitative estimate of drug-likeness (QED) is 0.906. The molecule has 0 bridgehead atoms. The van der Waals surface area contributed by atoms with Gasteiger partial charge in [-0.05, 0) is 31.5 Å². The lowest BCUT2D eigenvalue weighted by Gasteiger charge is -2.14. The van der Waals surface area contributed by atoms with E-state index < -0.39 is 10.0 Å². The van der Waals surface area contributed by atoms with E-state index in [-0.39, 0.29) is 10.9 Å². The molecule has 0 fully saturated rings. The Morgan fingerprint density at radius 1 is 1.42 bits per heavy atom. The lowest BCUT2D eigenvalue weighted by atomic mass is 10.2. The third kappa shape index (κ3) is 3.31. The van der Waals surface area contributed by atoms with Gasteiger partial charge in [-0.2, -0.15) is 0 Å². The normalized spacial score (nSPS) is 13.2. The van der Waals surface area contributed by atoms with Gasteiger partial charge in [-0.15, -0.1) is 11.3 Å². The van der Waals surface area contributed by atoms with Crippen LogP contribution in [-0.2, 0) is 10.0 Å². The predicted molar refractivity (Wildman–Crippen MR) is 76.7 cm³/mol. The first-order chi connectivity index (χ1) is 8.88. The van der Waals surface area contributed by atoms with E-state index in [9.17, 15) is 8.42 Å². The highest BCUT2D eigenvalue weighted by atomic mass is 32.2. The molecule has 19 heavy (non-hydrogen) atoms. The Hall–Kier alpha value is -1.44. The maximum atomic E-state index is 11.5. The standard InChI is InChI=1S/C12H15N3O2S2/c1-8-3-4-10(5-12(8)19(13,16)17)15-9(2)11-6-18-7-14-11/h3-7,9,15H,1-2H3,(H2,13,16,17). The lowest BCUT2D eigenvalue weighted by molar-refractivity contribution is 0.597. The number of hydrogen-bond acceptors (Lipinski definition) is 5. The second-order valence-electron chi connectivity index (χ2n) is 4.30. The van der Waals surface area contributed by atoms with Crippen LogP contribution in [0.3, 0.4) is 0 Å². The molecule has 1 heterocycles. The number of anilines is 1. The van der Waals surface area contributed by atoms with Crippen LogP contribution in [0.2, 0.25) is 0 Å². The van der Waals surface area contributed by atoms with Gasteiger partial charge in [0.05, 0.1) is 22.1 Å². The lowest BCUT2D eigenvalue weighted by Crippen LogP contribution is -2.14. The minimum Gasteiger partial charge on any atom is -0.377 e. The van der Waals surface area contributed by atoms with E-state index >= 15 is 0 Å². The van der Waals surface area contributed by atoms with Crippen LogP contribution < -0.4 is 10.5 Å². The molecule has 0 spiro atoms. The molecule has 1 aromatic heterocycles. The Bertz CT molecular complexity index is 666. The van der Waals surface area contributed by atoms with Gasteiger partial charge in [0.25, 0.3) is 0 Å². The fraction of sp³-hybridized carbons (Fsp3) is 0.250. The molecule has 1 unspecified atom stereocenters. The van der Waals surface area contributed by atoms with Crippen molar-refractivity contribution >= 4 is 27.0 Å². The third-order valence-electron chi connectivity index (χ3n) is 2.77. The maximum absolute atomic E-state index is 11.5. The number of aromatic nitrogens is 1. The van der Waals surface area contributed by atoms with Crippen molar-refractivity contribution in [2.45, 2.75) is 24.8 Å². The van der Waals surface area contributed by atoms with Gasteiger partial charge < -0.3 is 5.32 Å². The molecule has 2 rings (SSSR count).